The van der Waals surface area contributed by atoms with E-state index in [2.05, 4.69) is 28.2 Å². The Morgan fingerprint density at radius 1 is 1.62 bits per heavy atom. The van der Waals surface area contributed by atoms with E-state index in [1.54, 1.807) is 4.90 Å². The maximum atomic E-state index is 11.2. The lowest BCUT2D eigenvalue weighted by molar-refractivity contribution is -0.120. The number of hydrogen-bond acceptors (Lipinski definition) is 2. The molecule has 4 nitrogen and oxygen atoms in total. The molecule has 0 aliphatic carbocycles. The number of carbonyl (C=O) groups excluding carboxylic acids is 2. The van der Waals surface area contributed by atoms with Crippen molar-refractivity contribution < 1.29 is 9.59 Å². The van der Waals surface area contributed by atoms with Gasteiger partial charge in [-0.15, -0.1) is 0 Å². The number of carbonyl (C=O) groups is 2. The fourth-order valence-corrected chi connectivity index (χ4v) is 1.63. The van der Waals surface area contributed by atoms with Crippen LogP contribution in [0, 0.1) is 0 Å². The van der Waals surface area contributed by atoms with Crippen LogP contribution in [0.15, 0.2) is 0 Å². The monoisotopic (exact) mass is 248 g/mol. The summed E-state index contributed by atoms with van der Waals surface area (Å²) >= 11 is 3.21. The molecule has 1 unspecified atom stereocenters. The average molecular weight is 249 g/mol. The van der Waals surface area contributed by atoms with Crippen molar-refractivity contribution in [2.75, 3.05) is 13.1 Å². The molecule has 1 aliphatic heterocycles. The van der Waals surface area contributed by atoms with Crippen LogP contribution >= 0.6 is 15.9 Å². The van der Waals surface area contributed by atoms with Crippen LogP contribution in [0.4, 0.5) is 4.79 Å². The van der Waals surface area contributed by atoms with Gasteiger partial charge in [0.15, 0.2) is 0 Å². The largest absolute Gasteiger partial charge is 0.324 e. The summed E-state index contributed by atoms with van der Waals surface area (Å²) in [4.78, 5) is 23.6. The Morgan fingerprint density at radius 2 is 2.31 bits per heavy atom. The van der Waals surface area contributed by atoms with E-state index in [0.29, 0.717) is 6.54 Å². The average Bonchev–Trinajstić information content (AvgIpc) is 2.09. The lowest BCUT2D eigenvalue weighted by Crippen LogP contribution is -2.55. The van der Waals surface area contributed by atoms with Crippen molar-refractivity contribution >= 4 is 27.9 Å². The zero-order chi connectivity index (χ0) is 9.84. The highest BCUT2D eigenvalue weighted by Crippen LogP contribution is 2.09. The summed E-state index contributed by atoms with van der Waals surface area (Å²) in [5.41, 5.74) is 0. The second-order valence-electron chi connectivity index (χ2n) is 3.06. The van der Waals surface area contributed by atoms with Gasteiger partial charge in [-0.05, 0) is 6.42 Å². The van der Waals surface area contributed by atoms with Gasteiger partial charge in [0.25, 0.3) is 0 Å². The standard InChI is InChI=1S/C8H13BrN2O2/c1-2-3-4-11-5-6(9)7(12)10-8(11)13/h6H,2-5H2,1H3,(H,10,12,13). The van der Waals surface area contributed by atoms with Gasteiger partial charge in [-0.2, -0.15) is 0 Å². The van der Waals surface area contributed by atoms with Gasteiger partial charge in [0.1, 0.15) is 4.83 Å². The molecule has 0 spiro atoms. The third-order valence-corrected chi connectivity index (χ3v) is 2.67. The predicted octanol–water partition coefficient (Wildman–Crippen LogP) is 1.10. The summed E-state index contributed by atoms with van der Waals surface area (Å²) in [7, 11) is 0. The molecule has 0 aromatic rings. The molecule has 0 saturated carbocycles. The summed E-state index contributed by atoms with van der Waals surface area (Å²) in [5.74, 6) is -0.238. The van der Waals surface area contributed by atoms with Crippen LogP contribution in [-0.2, 0) is 4.79 Å². The first-order valence-electron chi connectivity index (χ1n) is 4.39. The fraction of sp³-hybridized carbons (Fsp3) is 0.750. The van der Waals surface area contributed by atoms with Crippen LogP contribution in [0.3, 0.4) is 0 Å². The minimum absolute atomic E-state index is 0.238. The van der Waals surface area contributed by atoms with Crippen molar-refractivity contribution in [3.05, 3.63) is 0 Å². The summed E-state index contributed by atoms with van der Waals surface area (Å²) in [5, 5.41) is 2.29. The Balaban J connectivity index is 2.46. The van der Waals surface area contributed by atoms with E-state index in [9.17, 15) is 9.59 Å². The molecule has 3 amide bonds. The molecule has 1 heterocycles. The minimum Gasteiger partial charge on any atom is -0.323 e. The minimum atomic E-state index is -0.269. The molecule has 1 N–H and O–H groups in total. The number of halogens is 1. The summed E-state index contributed by atoms with van der Waals surface area (Å²) in [6, 6.07) is -0.269. The van der Waals surface area contributed by atoms with E-state index in [4.69, 9.17) is 0 Å². The van der Waals surface area contributed by atoms with E-state index in [0.717, 1.165) is 19.4 Å². The first kappa shape index (κ1) is 10.5. The Bertz CT molecular complexity index is 220. The number of nitrogens with one attached hydrogen (secondary N) is 1. The highest BCUT2D eigenvalue weighted by Gasteiger charge is 2.29. The molecule has 0 bridgehead atoms. The third kappa shape index (κ3) is 2.69. The Hall–Kier alpha value is -0.580. The molecule has 1 aliphatic rings. The summed E-state index contributed by atoms with van der Waals surface area (Å²) in [6.45, 7) is 3.26. The zero-order valence-electron chi connectivity index (χ0n) is 7.55. The smallest absolute Gasteiger partial charge is 0.323 e. The van der Waals surface area contributed by atoms with Gasteiger partial charge in [0, 0.05) is 13.1 Å². The Kier molecular flexibility index (Phi) is 3.71. The van der Waals surface area contributed by atoms with Crippen molar-refractivity contribution in [3.8, 4) is 0 Å². The van der Waals surface area contributed by atoms with Crippen LogP contribution in [0.2, 0.25) is 0 Å². The van der Waals surface area contributed by atoms with Crippen molar-refractivity contribution in [1.29, 1.82) is 0 Å². The number of nitrogens with zero attached hydrogens (tertiary/aromatic N) is 1. The predicted molar refractivity (Wildman–Crippen MR) is 52.7 cm³/mol. The van der Waals surface area contributed by atoms with Crippen LogP contribution in [-0.4, -0.2) is 34.8 Å². The van der Waals surface area contributed by atoms with Crippen LogP contribution in [0.25, 0.3) is 0 Å². The lowest BCUT2D eigenvalue weighted by Gasteiger charge is -2.29. The molecule has 1 fully saturated rings. The van der Waals surface area contributed by atoms with Gasteiger partial charge in [0.2, 0.25) is 5.91 Å². The Morgan fingerprint density at radius 3 is 2.92 bits per heavy atom. The summed E-state index contributed by atoms with van der Waals surface area (Å²) < 4.78 is 0. The molecule has 1 atom stereocenters. The highest BCUT2D eigenvalue weighted by molar-refractivity contribution is 9.10. The molecule has 5 heteroatoms. The van der Waals surface area contributed by atoms with Crippen LogP contribution in [0.1, 0.15) is 19.8 Å². The van der Waals surface area contributed by atoms with Gasteiger partial charge in [-0.1, -0.05) is 29.3 Å². The molecular weight excluding hydrogens is 236 g/mol. The third-order valence-electron chi connectivity index (χ3n) is 1.96. The number of unbranched alkanes of at least 4 members (excludes halogenated alkanes) is 1. The first-order valence-corrected chi connectivity index (χ1v) is 5.30. The molecule has 0 aromatic carbocycles. The number of imide groups is 1. The van der Waals surface area contributed by atoms with Gasteiger partial charge < -0.3 is 4.90 Å². The van der Waals surface area contributed by atoms with Gasteiger partial charge in [-0.25, -0.2) is 4.79 Å². The quantitative estimate of drug-likeness (QED) is 0.761. The van der Waals surface area contributed by atoms with Gasteiger partial charge >= 0.3 is 6.03 Å². The second kappa shape index (κ2) is 4.60. The SMILES string of the molecule is CCCCN1CC(Br)C(=O)NC1=O. The van der Waals surface area contributed by atoms with Gasteiger partial charge in [0.05, 0.1) is 0 Å². The van der Waals surface area contributed by atoms with Crippen molar-refractivity contribution in [3.63, 3.8) is 0 Å². The van der Waals surface area contributed by atoms with E-state index >= 15 is 0 Å². The van der Waals surface area contributed by atoms with Crippen LogP contribution < -0.4 is 5.32 Å². The van der Waals surface area contributed by atoms with Crippen molar-refractivity contribution in [2.45, 2.75) is 24.6 Å². The molecule has 1 rings (SSSR count). The zero-order valence-corrected chi connectivity index (χ0v) is 9.13. The first-order chi connectivity index (χ1) is 6.15. The number of rotatable bonds is 3. The van der Waals surface area contributed by atoms with E-state index in [1.165, 1.54) is 0 Å². The molecule has 13 heavy (non-hydrogen) atoms. The lowest BCUT2D eigenvalue weighted by atomic mass is 10.2. The molecule has 0 radical (unpaired) electrons. The maximum absolute atomic E-state index is 11.2. The maximum Gasteiger partial charge on any atom is 0.324 e. The van der Waals surface area contributed by atoms with Crippen molar-refractivity contribution in [1.82, 2.24) is 10.2 Å². The number of hydrogen-bond donors (Lipinski definition) is 1. The highest BCUT2D eigenvalue weighted by atomic mass is 79.9. The topological polar surface area (TPSA) is 49.4 Å². The van der Waals surface area contributed by atoms with E-state index in [1.807, 2.05) is 0 Å². The summed E-state index contributed by atoms with van der Waals surface area (Å²) in [6.07, 6.45) is 2.02. The molecule has 74 valence electrons. The Labute approximate surface area is 85.8 Å². The molecular formula is C8H13BrN2O2. The van der Waals surface area contributed by atoms with Gasteiger partial charge in [-0.3, -0.25) is 10.1 Å². The van der Waals surface area contributed by atoms with Crippen LogP contribution in [0.5, 0.6) is 0 Å². The normalized spacial score (nSPS) is 23.2. The number of urea groups is 1. The van der Waals surface area contributed by atoms with E-state index < -0.39 is 0 Å². The number of alkyl halides is 1. The molecule has 0 aromatic heterocycles. The molecule has 1 saturated heterocycles. The fourth-order valence-electron chi connectivity index (χ4n) is 1.16. The number of amides is 3. The second-order valence-corrected chi connectivity index (χ2v) is 4.17. The van der Waals surface area contributed by atoms with E-state index in [-0.39, 0.29) is 16.8 Å². The van der Waals surface area contributed by atoms with Crippen molar-refractivity contribution in [2.24, 2.45) is 0 Å².